The van der Waals surface area contributed by atoms with E-state index in [1.807, 2.05) is 25.8 Å². The fourth-order valence-electron chi connectivity index (χ4n) is 10.3. The first-order valence-corrected chi connectivity index (χ1v) is 14.8. The smallest absolute Gasteiger partial charge is 0.245 e. The SMILES string of the molecule is CC(=O)N(C)[C@@H](C(=O)N(C)C1CCC2(C)C(=CCC3C2CC[C@]24CN(C)[C@@H](C)[C@H]2CCC34)C1)C(C)C. The molecule has 0 aromatic carbocycles. The average molecular weight is 498 g/mol. The summed E-state index contributed by atoms with van der Waals surface area (Å²) in [6.07, 6.45) is 12.9. The van der Waals surface area contributed by atoms with Crippen LogP contribution in [0.3, 0.4) is 0 Å². The third kappa shape index (κ3) is 3.73. The van der Waals surface area contributed by atoms with Crippen LogP contribution in [0.2, 0.25) is 0 Å². The lowest BCUT2D eigenvalue weighted by atomic mass is 9.47. The summed E-state index contributed by atoms with van der Waals surface area (Å²) < 4.78 is 0. The van der Waals surface area contributed by atoms with Gasteiger partial charge in [0.25, 0.3) is 0 Å². The first-order chi connectivity index (χ1) is 16.9. The van der Waals surface area contributed by atoms with Gasteiger partial charge in [0.2, 0.25) is 11.8 Å². The average Bonchev–Trinajstić information content (AvgIpc) is 3.31. The molecule has 9 atom stereocenters. The Kier molecular flexibility index (Phi) is 6.66. The maximum atomic E-state index is 13.6. The highest BCUT2D eigenvalue weighted by atomic mass is 16.2. The lowest BCUT2D eigenvalue weighted by Crippen LogP contribution is -2.55. The van der Waals surface area contributed by atoms with Gasteiger partial charge in [-0.05, 0) is 106 Å². The van der Waals surface area contributed by atoms with E-state index in [9.17, 15) is 9.59 Å². The van der Waals surface area contributed by atoms with Crippen LogP contribution in [0.1, 0.15) is 86.0 Å². The maximum Gasteiger partial charge on any atom is 0.245 e. The van der Waals surface area contributed by atoms with E-state index in [-0.39, 0.29) is 29.8 Å². The molecule has 1 heterocycles. The van der Waals surface area contributed by atoms with Crippen molar-refractivity contribution in [3.8, 4) is 0 Å². The second-order valence-corrected chi connectivity index (χ2v) is 14.0. The number of likely N-dealkylation sites (N-methyl/N-ethyl adjacent to an activating group) is 2. The minimum absolute atomic E-state index is 0.0419. The molecule has 0 N–H and O–H groups in total. The van der Waals surface area contributed by atoms with E-state index < -0.39 is 0 Å². The summed E-state index contributed by atoms with van der Waals surface area (Å²) in [5.74, 6) is 3.62. The monoisotopic (exact) mass is 497 g/mol. The van der Waals surface area contributed by atoms with Gasteiger partial charge < -0.3 is 14.7 Å². The van der Waals surface area contributed by atoms with Crippen molar-refractivity contribution in [2.75, 3.05) is 27.7 Å². The Bertz CT molecular complexity index is 929. The molecule has 5 unspecified atom stereocenters. The molecule has 2 amide bonds. The van der Waals surface area contributed by atoms with Gasteiger partial charge in [-0.3, -0.25) is 9.59 Å². The minimum Gasteiger partial charge on any atom is -0.341 e. The van der Waals surface area contributed by atoms with Crippen LogP contribution in [0.15, 0.2) is 11.6 Å². The fourth-order valence-corrected chi connectivity index (χ4v) is 10.3. The number of allylic oxidation sites excluding steroid dienone is 1. The van der Waals surface area contributed by atoms with E-state index >= 15 is 0 Å². The molecule has 0 aromatic heterocycles. The van der Waals surface area contributed by atoms with E-state index in [1.54, 1.807) is 24.4 Å². The molecule has 202 valence electrons. The lowest BCUT2D eigenvalue weighted by Gasteiger charge is -2.58. The molecular formula is C31H51N3O2. The number of rotatable bonds is 4. The Morgan fingerprint density at radius 1 is 1.06 bits per heavy atom. The van der Waals surface area contributed by atoms with Crippen LogP contribution in [0.25, 0.3) is 0 Å². The molecule has 5 aliphatic rings. The molecular weight excluding hydrogens is 446 g/mol. The number of carbonyl (C=O) groups excluding carboxylic acids is 2. The van der Waals surface area contributed by atoms with Crippen LogP contribution in [-0.2, 0) is 9.59 Å². The van der Waals surface area contributed by atoms with E-state index in [1.165, 1.54) is 45.1 Å². The highest BCUT2D eigenvalue weighted by Gasteiger charge is 2.64. The molecule has 5 nitrogen and oxygen atoms in total. The van der Waals surface area contributed by atoms with Crippen LogP contribution in [0.4, 0.5) is 0 Å². The summed E-state index contributed by atoms with van der Waals surface area (Å²) >= 11 is 0. The molecule has 5 heteroatoms. The van der Waals surface area contributed by atoms with Gasteiger partial charge >= 0.3 is 0 Å². The van der Waals surface area contributed by atoms with E-state index in [0.717, 1.165) is 42.6 Å². The molecule has 0 aromatic rings. The molecule has 36 heavy (non-hydrogen) atoms. The largest absolute Gasteiger partial charge is 0.341 e. The van der Waals surface area contributed by atoms with Crippen molar-refractivity contribution < 1.29 is 9.59 Å². The molecule has 1 saturated heterocycles. The first-order valence-electron chi connectivity index (χ1n) is 14.8. The van der Waals surface area contributed by atoms with E-state index in [2.05, 4.69) is 31.9 Å². The summed E-state index contributed by atoms with van der Waals surface area (Å²) in [6.45, 7) is 12.0. The van der Waals surface area contributed by atoms with E-state index in [4.69, 9.17) is 0 Å². The van der Waals surface area contributed by atoms with Crippen LogP contribution in [0, 0.1) is 40.4 Å². The number of carbonyl (C=O) groups is 2. The number of hydrogen-bond donors (Lipinski definition) is 0. The van der Waals surface area contributed by atoms with Gasteiger partial charge in [0.1, 0.15) is 6.04 Å². The van der Waals surface area contributed by atoms with Gasteiger partial charge in [0.15, 0.2) is 0 Å². The quantitative estimate of drug-likeness (QED) is 0.501. The number of amides is 2. The second-order valence-electron chi connectivity index (χ2n) is 14.0. The summed E-state index contributed by atoms with van der Waals surface area (Å²) in [6, 6.07) is 0.601. The van der Waals surface area contributed by atoms with Gasteiger partial charge in [0, 0.05) is 39.6 Å². The van der Waals surface area contributed by atoms with Gasteiger partial charge in [0.05, 0.1) is 0 Å². The zero-order chi connectivity index (χ0) is 26.2. The predicted octanol–water partition coefficient (Wildman–Crippen LogP) is 5.21. The van der Waals surface area contributed by atoms with Gasteiger partial charge in [-0.2, -0.15) is 0 Å². The molecule has 4 aliphatic carbocycles. The normalized spacial score (nSPS) is 42.6. The molecule has 1 aliphatic heterocycles. The van der Waals surface area contributed by atoms with E-state index in [0.29, 0.717) is 10.8 Å². The summed E-state index contributed by atoms with van der Waals surface area (Å²) in [5, 5.41) is 0. The Morgan fingerprint density at radius 2 is 1.75 bits per heavy atom. The Hall–Kier alpha value is -1.36. The molecule has 3 saturated carbocycles. The number of nitrogens with zero attached hydrogens (tertiary/aromatic N) is 3. The summed E-state index contributed by atoms with van der Waals surface area (Å²) in [7, 11) is 6.11. The third-order valence-corrected chi connectivity index (χ3v) is 12.4. The number of hydrogen-bond acceptors (Lipinski definition) is 3. The lowest BCUT2D eigenvalue weighted by molar-refractivity contribution is -0.146. The van der Waals surface area contributed by atoms with Crippen molar-refractivity contribution in [3.05, 3.63) is 11.6 Å². The molecule has 0 radical (unpaired) electrons. The van der Waals surface area contributed by atoms with Crippen LogP contribution in [0.5, 0.6) is 0 Å². The van der Waals surface area contributed by atoms with Gasteiger partial charge in [-0.1, -0.05) is 32.4 Å². The zero-order valence-corrected chi connectivity index (χ0v) is 24.2. The summed E-state index contributed by atoms with van der Waals surface area (Å²) in [4.78, 5) is 32.0. The van der Waals surface area contributed by atoms with Gasteiger partial charge in [-0.15, -0.1) is 0 Å². The fraction of sp³-hybridized carbons (Fsp3) is 0.871. The minimum atomic E-state index is -0.387. The Labute approximate surface area is 220 Å². The van der Waals surface area contributed by atoms with Crippen molar-refractivity contribution in [3.63, 3.8) is 0 Å². The highest BCUT2D eigenvalue weighted by Crippen LogP contribution is 2.68. The van der Waals surface area contributed by atoms with Crippen molar-refractivity contribution in [2.45, 2.75) is 104 Å². The number of likely N-dealkylation sites (tertiary alicyclic amines) is 1. The van der Waals surface area contributed by atoms with Crippen LogP contribution < -0.4 is 0 Å². The second kappa shape index (κ2) is 9.13. The third-order valence-electron chi connectivity index (χ3n) is 12.4. The van der Waals surface area contributed by atoms with Crippen molar-refractivity contribution in [1.82, 2.24) is 14.7 Å². The van der Waals surface area contributed by atoms with Crippen molar-refractivity contribution >= 4 is 11.8 Å². The first kappa shape index (κ1) is 26.3. The predicted molar refractivity (Wildman–Crippen MR) is 145 cm³/mol. The van der Waals surface area contributed by atoms with Gasteiger partial charge in [-0.25, -0.2) is 0 Å². The molecule has 0 bridgehead atoms. The van der Waals surface area contributed by atoms with Crippen LogP contribution in [-0.4, -0.2) is 72.3 Å². The topological polar surface area (TPSA) is 43.9 Å². The van der Waals surface area contributed by atoms with Crippen LogP contribution >= 0.6 is 0 Å². The molecule has 4 fully saturated rings. The molecule has 5 rings (SSSR count). The zero-order valence-electron chi connectivity index (χ0n) is 24.2. The Balaban J connectivity index is 1.33. The summed E-state index contributed by atoms with van der Waals surface area (Å²) in [5.41, 5.74) is 2.51. The highest BCUT2D eigenvalue weighted by molar-refractivity contribution is 5.87. The van der Waals surface area contributed by atoms with Crippen molar-refractivity contribution in [1.29, 1.82) is 0 Å². The Morgan fingerprint density at radius 3 is 2.42 bits per heavy atom. The molecule has 1 spiro atoms. The maximum absolute atomic E-state index is 13.6. The number of fused-ring (bicyclic) bond motifs is 4. The van der Waals surface area contributed by atoms with Crippen molar-refractivity contribution in [2.24, 2.45) is 40.4 Å². The standard InChI is InChI=1S/C31H51N3O2/c1-19(2)28(33(7)21(4)35)29(36)34(8)23-13-15-30(5)22(17-23)9-10-24-26(30)14-16-31-18-32(6)20(3)25(31)11-12-27(24)31/h9,19-20,23-28H,10-18H2,1-8H3/t20-,23?,24?,25+,26?,27?,28+,30?,31-/m0/s1.